The number of carbonyl (C=O) groups is 2. The van der Waals surface area contributed by atoms with Gasteiger partial charge in [-0.25, -0.2) is 0 Å². The largest absolute Gasteiger partial charge is 0.366 e. The number of primary amides is 1. The second kappa shape index (κ2) is 7.11. The highest BCUT2D eigenvalue weighted by atomic mass is 35.5. The highest BCUT2D eigenvalue weighted by Gasteiger charge is 2.15. The summed E-state index contributed by atoms with van der Waals surface area (Å²) in [5.74, 6) is -0.700. The number of amides is 2. The molecule has 1 aliphatic rings. The van der Waals surface area contributed by atoms with E-state index in [2.05, 4.69) is 10.6 Å². The van der Waals surface area contributed by atoms with Gasteiger partial charge in [0.25, 0.3) is 5.91 Å². The van der Waals surface area contributed by atoms with Crippen LogP contribution >= 0.6 is 12.4 Å². The predicted molar refractivity (Wildman–Crippen MR) is 75.6 cm³/mol. The van der Waals surface area contributed by atoms with Crippen molar-refractivity contribution in [1.29, 1.82) is 0 Å². The molecule has 1 aliphatic heterocycles. The molecule has 6 heteroatoms. The first-order valence-corrected chi connectivity index (χ1v) is 6.08. The van der Waals surface area contributed by atoms with Crippen molar-refractivity contribution in [1.82, 2.24) is 10.6 Å². The summed E-state index contributed by atoms with van der Waals surface area (Å²) in [5, 5.41) is 6.16. The summed E-state index contributed by atoms with van der Waals surface area (Å²) in [6, 6.07) is 6.79. The number of hydrogen-bond acceptors (Lipinski definition) is 3. The number of halogens is 1. The fraction of sp³-hybridized carbons (Fsp3) is 0.385. The van der Waals surface area contributed by atoms with Gasteiger partial charge in [0.1, 0.15) is 0 Å². The molecule has 1 aromatic carbocycles. The third kappa shape index (κ3) is 4.22. The quantitative estimate of drug-likeness (QED) is 0.760. The standard InChI is InChI=1S/C13H17N3O2.ClH/c14-12(17)9-3-1-4-10(7-9)13(18)16-8-11-5-2-6-15-11;/h1,3-4,7,11,15H,2,5-6,8H2,(H2,14,17)(H,16,18);1H. The first kappa shape index (κ1) is 15.5. The lowest BCUT2D eigenvalue weighted by atomic mass is 10.1. The molecule has 104 valence electrons. The lowest BCUT2D eigenvalue weighted by molar-refractivity contribution is 0.0950. The molecule has 2 amide bonds. The van der Waals surface area contributed by atoms with E-state index in [-0.39, 0.29) is 18.3 Å². The predicted octanol–water partition coefficient (Wildman–Crippen LogP) is 0.689. The number of carbonyl (C=O) groups excluding carboxylic acids is 2. The van der Waals surface area contributed by atoms with Crippen LogP contribution in [0, 0.1) is 0 Å². The van der Waals surface area contributed by atoms with E-state index in [0.29, 0.717) is 23.7 Å². The van der Waals surface area contributed by atoms with Crippen LogP contribution in [-0.2, 0) is 0 Å². The molecular weight excluding hydrogens is 266 g/mol. The number of rotatable bonds is 4. The fourth-order valence-corrected chi connectivity index (χ4v) is 2.06. The summed E-state index contributed by atoms with van der Waals surface area (Å²) in [4.78, 5) is 22.9. The molecule has 5 nitrogen and oxygen atoms in total. The van der Waals surface area contributed by atoms with Crippen LogP contribution in [0.5, 0.6) is 0 Å². The van der Waals surface area contributed by atoms with Crippen molar-refractivity contribution in [2.75, 3.05) is 13.1 Å². The monoisotopic (exact) mass is 283 g/mol. The van der Waals surface area contributed by atoms with Crippen molar-refractivity contribution < 1.29 is 9.59 Å². The molecule has 4 N–H and O–H groups in total. The molecule has 2 rings (SSSR count). The molecule has 0 aliphatic carbocycles. The van der Waals surface area contributed by atoms with Gasteiger partial charge in [-0.1, -0.05) is 6.07 Å². The van der Waals surface area contributed by atoms with E-state index in [1.54, 1.807) is 18.2 Å². The van der Waals surface area contributed by atoms with E-state index < -0.39 is 5.91 Å². The van der Waals surface area contributed by atoms with Crippen LogP contribution in [0.2, 0.25) is 0 Å². The SMILES string of the molecule is Cl.NC(=O)c1cccc(C(=O)NCC2CCCN2)c1. The van der Waals surface area contributed by atoms with Gasteiger partial charge in [0.2, 0.25) is 5.91 Å². The summed E-state index contributed by atoms with van der Waals surface area (Å²) >= 11 is 0. The minimum atomic E-state index is -0.526. The van der Waals surface area contributed by atoms with Crippen LogP contribution in [-0.4, -0.2) is 30.9 Å². The second-order valence-corrected chi connectivity index (χ2v) is 4.45. The molecular formula is C13H18ClN3O2. The Kier molecular flexibility index (Phi) is 5.79. The summed E-state index contributed by atoms with van der Waals surface area (Å²) < 4.78 is 0. The van der Waals surface area contributed by atoms with Gasteiger partial charge < -0.3 is 16.4 Å². The Morgan fingerprint density at radius 3 is 2.74 bits per heavy atom. The highest BCUT2D eigenvalue weighted by Crippen LogP contribution is 2.06. The number of nitrogens with one attached hydrogen (secondary N) is 2. The smallest absolute Gasteiger partial charge is 0.251 e. The van der Waals surface area contributed by atoms with E-state index in [1.807, 2.05) is 0 Å². The number of benzene rings is 1. The topological polar surface area (TPSA) is 84.2 Å². The molecule has 1 fully saturated rings. The molecule has 19 heavy (non-hydrogen) atoms. The van der Waals surface area contributed by atoms with Gasteiger partial charge in [-0.3, -0.25) is 9.59 Å². The molecule has 1 aromatic rings. The van der Waals surface area contributed by atoms with Crippen LogP contribution < -0.4 is 16.4 Å². The third-order valence-electron chi connectivity index (χ3n) is 3.08. The van der Waals surface area contributed by atoms with Gasteiger partial charge in [-0.15, -0.1) is 12.4 Å². The first-order chi connectivity index (χ1) is 8.66. The molecule has 0 radical (unpaired) electrons. The molecule has 1 heterocycles. The second-order valence-electron chi connectivity index (χ2n) is 4.45. The molecule has 1 atom stereocenters. The molecule has 1 saturated heterocycles. The van der Waals surface area contributed by atoms with Crippen molar-refractivity contribution in [2.24, 2.45) is 5.73 Å². The normalized spacial score (nSPS) is 17.6. The molecule has 0 spiro atoms. The van der Waals surface area contributed by atoms with Crippen molar-refractivity contribution in [3.63, 3.8) is 0 Å². The van der Waals surface area contributed by atoms with Crippen LogP contribution in [0.4, 0.5) is 0 Å². The molecule has 1 unspecified atom stereocenters. The van der Waals surface area contributed by atoms with Gasteiger partial charge in [0.05, 0.1) is 0 Å². The zero-order valence-corrected chi connectivity index (χ0v) is 11.3. The van der Waals surface area contributed by atoms with Gasteiger partial charge in [-0.2, -0.15) is 0 Å². The maximum Gasteiger partial charge on any atom is 0.251 e. The van der Waals surface area contributed by atoms with Gasteiger partial charge in [-0.05, 0) is 37.6 Å². The minimum absolute atomic E-state index is 0. The summed E-state index contributed by atoms with van der Waals surface area (Å²) in [6.07, 6.45) is 2.24. The summed E-state index contributed by atoms with van der Waals surface area (Å²) in [6.45, 7) is 1.62. The van der Waals surface area contributed by atoms with Crippen molar-refractivity contribution >= 4 is 24.2 Å². The van der Waals surface area contributed by atoms with Gasteiger partial charge in [0, 0.05) is 23.7 Å². The Balaban J connectivity index is 0.00000180. The maximum absolute atomic E-state index is 11.9. The van der Waals surface area contributed by atoms with E-state index in [0.717, 1.165) is 19.4 Å². The van der Waals surface area contributed by atoms with Crippen LogP contribution in [0.15, 0.2) is 24.3 Å². The average Bonchev–Trinajstić information content (AvgIpc) is 2.89. The van der Waals surface area contributed by atoms with E-state index in [4.69, 9.17) is 5.73 Å². The van der Waals surface area contributed by atoms with Gasteiger partial charge in [0.15, 0.2) is 0 Å². The number of hydrogen-bond donors (Lipinski definition) is 3. The van der Waals surface area contributed by atoms with Crippen molar-refractivity contribution in [2.45, 2.75) is 18.9 Å². The van der Waals surface area contributed by atoms with E-state index >= 15 is 0 Å². The molecule has 0 saturated carbocycles. The Labute approximate surface area is 118 Å². The fourth-order valence-electron chi connectivity index (χ4n) is 2.06. The first-order valence-electron chi connectivity index (χ1n) is 6.08. The number of nitrogens with two attached hydrogens (primary N) is 1. The average molecular weight is 284 g/mol. The van der Waals surface area contributed by atoms with Crippen LogP contribution in [0.25, 0.3) is 0 Å². The Hall–Kier alpha value is -1.59. The molecule has 0 bridgehead atoms. The van der Waals surface area contributed by atoms with E-state index in [9.17, 15) is 9.59 Å². The Bertz CT molecular complexity index is 459. The van der Waals surface area contributed by atoms with Crippen LogP contribution in [0.3, 0.4) is 0 Å². The summed E-state index contributed by atoms with van der Waals surface area (Å²) in [7, 11) is 0. The van der Waals surface area contributed by atoms with Crippen LogP contribution in [0.1, 0.15) is 33.6 Å². The van der Waals surface area contributed by atoms with Crippen molar-refractivity contribution in [3.8, 4) is 0 Å². The highest BCUT2D eigenvalue weighted by molar-refractivity contribution is 5.99. The Morgan fingerprint density at radius 2 is 2.11 bits per heavy atom. The lowest BCUT2D eigenvalue weighted by Crippen LogP contribution is -2.37. The zero-order chi connectivity index (χ0) is 13.0. The Morgan fingerprint density at radius 1 is 1.37 bits per heavy atom. The summed E-state index contributed by atoms with van der Waals surface area (Å²) in [5.41, 5.74) is 5.99. The zero-order valence-electron chi connectivity index (χ0n) is 10.5. The molecule has 0 aromatic heterocycles. The lowest BCUT2D eigenvalue weighted by Gasteiger charge is -2.11. The third-order valence-corrected chi connectivity index (χ3v) is 3.08. The van der Waals surface area contributed by atoms with E-state index in [1.165, 1.54) is 6.07 Å². The van der Waals surface area contributed by atoms with Gasteiger partial charge >= 0.3 is 0 Å². The maximum atomic E-state index is 11.9. The minimum Gasteiger partial charge on any atom is -0.366 e. The van der Waals surface area contributed by atoms with Crippen molar-refractivity contribution in [3.05, 3.63) is 35.4 Å².